The average molecular weight is 412 g/mol. The molecule has 4 aromatic heterocycles. The number of piperazine rings is 1. The molecule has 1 fully saturated rings. The molecule has 5 heterocycles. The molecule has 4 aromatic rings. The van der Waals surface area contributed by atoms with E-state index in [1.165, 1.54) is 0 Å². The van der Waals surface area contributed by atoms with E-state index in [0.717, 1.165) is 47.5 Å². The third kappa shape index (κ3) is 3.84. The highest BCUT2D eigenvalue weighted by Gasteiger charge is 2.22. The summed E-state index contributed by atoms with van der Waals surface area (Å²) in [6, 6.07) is 3.91. The van der Waals surface area contributed by atoms with E-state index in [-0.39, 0.29) is 0 Å². The van der Waals surface area contributed by atoms with E-state index < -0.39 is 0 Å². The van der Waals surface area contributed by atoms with Crippen LogP contribution in [0.5, 0.6) is 0 Å². The van der Waals surface area contributed by atoms with E-state index in [1.54, 1.807) is 24.6 Å². The van der Waals surface area contributed by atoms with E-state index in [0.29, 0.717) is 24.9 Å². The zero-order chi connectivity index (χ0) is 19.6. The first kappa shape index (κ1) is 18.2. The first-order valence-corrected chi connectivity index (χ1v) is 10.1. The number of hydrogen-bond acceptors (Lipinski definition) is 10. The van der Waals surface area contributed by atoms with Gasteiger partial charge in [-0.3, -0.25) is 9.88 Å². The Morgan fingerprint density at radius 1 is 1.21 bits per heavy atom. The summed E-state index contributed by atoms with van der Waals surface area (Å²) < 4.78 is 12.2. The smallest absolute Gasteiger partial charge is 0.240 e. The van der Waals surface area contributed by atoms with Crippen LogP contribution in [-0.2, 0) is 17.9 Å². The molecule has 10 nitrogen and oxygen atoms in total. The second-order valence-corrected chi connectivity index (χ2v) is 7.71. The molecule has 0 atom stereocenters. The zero-order valence-corrected chi connectivity index (χ0v) is 16.7. The molecule has 0 saturated carbocycles. The number of pyridine rings is 1. The summed E-state index contributed by atoms with van der Waals surface area (Å²) in [5, 5.41) is 9.62. The number of fused-ring (bicyclic) bond motifs is 1. The number of hydrogen-bond donors (Lipinski definition) is 0. The maximum absolute atomic E-state index is 5.29. The summed E-state index contributed by atoms with van der Waals surface area (Å²) in [7, 11) is 1.62. The molecule has 29 heavy (non-hydrogen) atoms. The quantitative estimate of drug-likeness (QED) is 0.469. The van der Waals surface area contributed by atoms with Crippen molar-refractivity contribution in [3.05, 3.63) is 42.4 Å². The van der Waals surface area contributed by atoms with Crippen LogP contribution >= 0.6 is 11.3 Å². The van der Waals surface area contributed by atoms with Crippen molar-refractivity contribution in [1.29, 1.82) is 0 Å². The van der Waals surface area contributed by atoms with Crippen molar-refractivity contribution in [2.45, 2.75) is 13.2 Å². The zero-order valence-electron chi connectivity index (χ0n) is 15.9. The summed E-state index contributed by atoms with van der Waals surface area (Å²) in [6.07, 6.45) is 5.53. The van der Waals surface area contributed by atoms with Crippen molar-refractivity contribution in [3.8, 4) is 11.3 Å². The van der Waals surface area contributed by atoms with E-state index >= 15 is 0 Å². The summed E-state index contributed by atoms with van der Waals surface area (Å²) >= 11 is 1.61. The Morgan fingerprint density at radius 3 is 2.86 bits per heavy atom. The highest BCUT2D eigenvalue weighted by Crippen LogP contribution is 2.27. The van der Waals surface area contributed by atoms with Crippen molar-refractivity contribution in [3.63, 3.8) is 0 Å². The number of imidazole rings is 1. The lowest BCUT2D eigenvalue weighted by atomic mass is 10.2. The molecule has 0 spiro atoms. The summed E-state index contributed by atoms with van der Waals surface area (Å²) in [5.74, 6) is 1.21. The number of anilines is 1. The summed E-state index contributed by atoms with van der Waals surface area (Å²) in [5.41, 5.74) is 1.88. The van der Waals surface area contributed by atoms with Crippen LogP contribution in [0.15, 0.2) is 35.2 Å². The standard InChI is InChI=1S/C18H20N8O2S/c1-27-12-15-21-16(28-23-15)11-24-5-7-25(8-6-24)18-22-26-10-14(20-17(26)29-18)13-3-2-4-19-9-13/h2-4,9-10H,5-8,11-12H2,1H3. The molecule has 1 aliphatic heterocycles. The lowest BCUT2D eigenvalue weighted by Crippen LogP contribution is -2.46. The minimum absolute atomic E-state index is 0.367. The molecule has 5 rings (SSSR count). The fourth-order valence-corrected chi connectivity index (χ4v) is 4.24. The second-order valence-electron chi connectivity index (χ2n) is 6.78. The molecule has 1 saturated heterocycles. The molecule has 0 N–H and O–H groups in total. The topological polar surface area (TPSA) is 97.7 Å². The van der Waals surface area contributed by atoms with Gasteiger partial charge in [-0.2, -0.15) is 4.98 Å². The van der Waals surface area contributed by atoms with Crippen LogP contribution in [0.2, 0.25) is 0 Å². The monoisotopic (exact) mass is 412 g/mol. The molecule has 0 aromatic carbocycles. The minimum Gasteiger partial charge on any atom is -0.377 e. The highest BCUT2D eigenvalue weighted by atomic mass is 32.1. The van der Waals surface area contributed by atoms with E-state index in [4.69, 9.17) is 19.3 Å². The molecule has 1 aliphatic rings. The van der Waals surface area contributed by atoms with Crippen molar-refractivity contribution < 1.29 is 9.26 Å². The Kier molecular flexibility index (Phi) is 4.92. The maximum atomic E-state index is 5.29. The summed E-state index contributed by atoms with van der Waals surface area (Å²) in [4.78, 5) is 18.7. The van der Waals surface area contributed by atoms with Gasteiger partial charge in [0.1, 0.15) is 6.61 Å². The van der Waals surface area contributed by atoms with Crippen LogP contribution in [0.4, 0.5) is 5.13 Å². The van der Waals surface area contributed by atoms with Crippen molar-refractivity contribution in [2.24, 2.45) is 0 Å². The van der Waals surface area contributed by atoms with Gasteiger partial charge in [-0.25, -0.2) is 9.50 Å². The Bertz CT molecular complexity index is 1050. The SMILES string of the molecule is COCc1noc(CN2CCN(c3nn4cc(-c5cccnc5)nc4s3)CC2)n1. The summed E-state index contributed by atoms with van der Waals surface area (Å²) in [6.45, 7) is 4.62. The van der Waals surface area contributed by atoms with E-state index in [1.807, 2.05) is 29.0 Å². The fraction of sp³-hybridized carbons (Fsp3) is 0.389. The molecule has 11 heteroatoms. The van der Waals surface area contributed by atoms with Gasteiger partial charge < -0.3 is 14.2 Å². The van der Waals surface area contributed by atoms with Gasteiger partial charge in [-0.05, 0) is 12.1 Å². The minimum atomic E-state index is 0.367. The van der Waals surface area contributed by atoms with Gasteiger partial charge in [0.2, 0.25) is 16.0 Å². The Labute approximate surface area is 170 Å². The van der Waals surface area contributed by atoms with Gasteiger partial charge in [0.25, 0.3) is 0 Å². The van der Waals surface area contributed by atoms with Gasteiger partial charge in [0.15, 0.2) is 5.82 Å². The van der Waals surface area contributed by atoms with E-state index in [2.05, 4.69) is 24.9 Å². The molecule has 150 valence electrons. The van der Waals surface area contributed by atoms with Crippen LogP contribution < -0.4 is 4.90 Å². The molecule has 0 unspecified atom stereocenters. The van der Waals surface area contributed by atoms with Gasteiger partial charge in [0.05, 0.1) is 18.4 Å². The number of nitrogens with zero attached hydrogens (tertiary/aromatic N) is 8. The second kappa shape index (κ2) is 7.85. The van der Waals surface area contributed by atoms with Crippen LogP contribution in [0.25, 0.3) is 16.2 Å². The molecule has 0 radical (unpaired) electrons. The maximum Gasteiger partial charge on any atom is 0.240 e. The van der Waals surface area contributed by atoms with Crippen molar-refractivity contribution >= 4 is 21.4 Å². The molecule has 0 bridgehead atoms. The van der Waals surface area contributed by atoms with Crippen molar-refractivity contribution in [2.75, 3.05) is 38.2 Å². The van der Waals surface area contributed by atoms with Gasteiger partial charge in [-0.1, -0.05) is 16.5 Å². The third-order valence-electron chi connectivity index (χ3n) is 4.78. The first-order chi connectivity index (χ1) is 14.3. The largest absolute Gasteiger partial charge is 0.377 e. The van der Waals surface area contributed by atoms with Gasteiger partial charge >= 0.3 is 0 Å². The first-order valence-electron chi connectivity index (χ1n) is 9.33. The number of ether oxygens (including phenoxy) is 1. The lowest BCUT2D eigenvalue weighted by Gasteiger charge is -2.33. The molecule has 0 aliphatic carbocycles. The predicted molar refractivity (Wildman–Crippen MR) is 107 cm³/mol. The van der Waals surface area contributed by atoms with Crippen LogP contribution in [0, 0.1) is 0 Å². The normalized spacial score (nSPS) is 15.4. The third-order valence-corrected chi connectivity index (χ3v) is 5.76. The van der Waals surface area contributed by atoms with Crippen LogP contribution in [0.3, 0.4) is 0 Å². The molecular weight excluding hydrogens is 392 g/mol. The molecular formula is C18H20N8O2S. The van der Waals surface area contributed by atoms with Gasteiger partial charge in [-0.15, -0.1) is 5.10 Å². The lowest BCUT2D eigenvalue weighted by molar-refractivity contribution is 0.174. The van der Waals surface area contributed by atoms with Crippen LogP contribution in [0.1, 0.15) is 11.7 Å². The molecule has 0 amide bonds. The van der Waals surface area contributed by atoms with E-state index in [9.17, 15) is 0 Å². The van der Waals surface area contributed by atoms with Crippen molar-refractivity contribution in [1.82, 2.24) is 34.6 Å². The van der Waals surface area contributed by atoms with Crippen LogP contribution in [-0.4, -0.2) is 67.9 Å². The Morgan fingerprint density at radius 2 is 2.10 bits per heavy atom. The van der Waals surface area contributed by atoms with Gasteiger partial charge in [0, 0.05) is 51.2 Å². The average Bonchev–Trinajstić information content (AvgIpc) is 3.45. The number of methoxy groups -OCH3 is 1. The Balaban J connectivity index is 1.21. The Hall–Kier alpha value is -2.89. The highest BCUT2D eigenvalue weighted by molar-refractivity contribution is 7.20. The number of aromatic nitrogens is 6. The fourth-order valence-electron chi connectivity index (χ4n) is 3.30. The predicted octanol–water partition coefficient (Wildman–Crippen LogP) is 1.70. The number of rotatable bonds is 6.